The number of carboxylic acid groups (broad SMARTS) is 1. The average Bonchev–Trinajstić information content (AvgIpc) is 2.96. The summed E-state index contributed by atoms with van der Waals surface area (Å²) in [5.74, 6) is -1.95. The van der Waals surface area contributed by atoms with Crippen molar-refractivity contribution in [2.45, 2.75) is 26.3 Å². The minimum atomic E-state index is -3.39. The van der Waals surface area contributed by atoms with Gasteiger partial charge in [0.1, 0.15) is 6.04 Å². The summed E-state index contributed by atoms with van der Waals surface area (Å²) in [6.07, 6.45) is 0.513. The summed E-state index contributed by atoms with van der Waals surface area (Å²) in [5.41, 5.74) is 0.564. The number of sulfonamides is 1. The highest BCUT2D eigenvalue weighted by atomic mass is 32.2. The van der Waals surface area contributed by atoms with E-state index >= 15 is 0 Å². The molecule has 0 radical (unpaired) electrons. The molecule has 0 bridgehead atoms. The molecule has 0 spiro atoms. The van der Waals surface area contributed by atoms with Crippen molar-refractivity contribution in [2.75, 3.05) is 29.7 Å². The van der Waals surface area contributed by atoms with Crippen LogP contribution in [0, 0.1) is 0 Å². The predicted octanol–water partition coefficient (Wildman–Crippen LogP) is 0.278. The van der Waals surface area contributed by atoms with Crippen molar-refractivity contribution in [1.29, 1.82) is 0 Å². The van der Waals surface area contributed by atoms with Crippen molar-refractivity contribution in [2.24, 2.45) is 0 Å². The van der Waals surface area contributed by atoms with Gasteiger partial charge in [-0.1, -0.05) is 6.07 Å². The Morgan fingerprint density at radius 2 is 2.04 bits per heavy atom. The molecule has 1 atom stereocenters. The van der Waals surface area contributed by atoms with E-state index in [2.05, 4.69) is 5.32 Å². The van der Waals surface area contributed by atoms with Gasteiger partial charge in [0.2, 0.25) is 15.9 Å². The number of amides is 2. The van der Waals surface area contributed by atoms with E-state index in [1.165, 1.54) is 30.3 Å². The Hall–Kier alpha value is -2.62. The third-order valence-corrected chi connectivity index (χ3v) is 6.16. The quantitative estimate of drug-likeness (QED) is 0.681. The molecule has 0 aromatic heterocycles. The number of hydrogen-bond donors (Lipinski definition) is 2. The molecule has 10 heteroatoms. The summed E-state index contributed by atoms with van der Waals surface area (Å²) >= 11 is 0. The summed E-state index contributed by atoms with van der Waals surface area (Å²) in [5, 5.41) is 11.8. The van der Waals surface area contributed by atoms with Crippen molar-refractivity contribution < 1.29 is 27.9 Å². The maximum Gasteiger partial charge on any atom is 0.326 e. The third kappa shape index (κ3) is 4.97. The van der Waals surface area contributed by atoms with E-state index in [0.717, 1.165) is 4.90 Å². The molecule has 2 N–H and O–H groups in total. The molecule has 1 aliphatic rings. The van der Waals surface area contributed by atoms with Gasteiger partial charge in [0.15, 0.2) is 0 Å². The van der Waals surface area contributed by atoms with Crippen LogP contribution in [0.2, 0.25) is 0 Å². The summed E-state index contributed by atoms with van der Waals surface area (Å²) in [6, 6.07) is 5.01. The molecule has 2 amide bonds. The number of nitrogens with one attached hydrogen (secondary N) is 1. The van der Waals surface area contributed by atoms with Gasteiger partial charge in [-0.2, -0.15) is 0 Å². The lowest BCUT2D eigenvalue weighted by molar-refractivity contribution is -0.141. The number of carboxylic acids is 1. The van der Waals surface area contributed by atoms with E-state index < -0.39 is 27.9 Å². The molecule has 1 aromatic rings. The minimum absolute atomic E-state index is 0.0120. The Morgan fingerprint density at radius 1 is 1.33 bits per heavy atom. The van der Waals surface area contributed by atoms with Crippen LogP contribution in [0.15, 0.2) is 24.3 Å². The average molecular weight is 397 g/mol. The van der Waals surface area contributed by atoms with Gasteiger partial charge in [0, 0.05) is 32.1 Å². The van der Waals surface area contributed by atoms with E-state index in [1.807, 2.05) is 0 Å². The summed E-state index contributed by atoms with van der Waals surface area (Å²) < 4.78 is 25.4. The van der Waals surface area contributed by atoms with Gasteiger partial charge in [-0.05, 0) is 31.5 Å². The number of carbonyl (C=O) groups excluding carboxylic acids is 2. The lowest BCUT2D eigenvalue weighted by Gasteiger charge is -2.27. The zero-order valence-corrected chi connectivity index (χ0v) is 16.0. The van der Waals surface area contributed by atoms with Crippen molar-refractivity contribution in [3.63, 3.8) is 0 Å². The number of hydrogen-bond acceptors (Lipinski definition) is 5. The van der Waals surface area contributed by atoms with Crippen LogP contribution in [0.5, 0.6) is 0 Å². The molecule has 27 heavy (non-hydrogen) atoms. The van der Waals surface area contributed by atoms with Crippen molar-refractivity contribution >= 4 is 33.5 Å². The Labute approximate surface area is 158 Å². The molecule has 1 aromatic carbocycles. The minimum Gasteiger partial charge on any atom is -0.480 e. The fourth-order valence-electron chi connectivity index (χ4n) is 2.85. The van der Waals surface area contributed by atoms with Gasteiger partial charge in [0.05, 0.1) is 11.4 Å². The number of aliphatic carboxylic acids is 1. The van der Waals surface area contributed by atoms with Gasteiger partial charge in [-0.15, -0.1) is 0 Å². The Kier molecular flexibility index (Phi) is 6.42. The summed E-state index contributed by atoms with van der Waals surface area (Å²) in [7, 11) is -3.39. The highest BCUT2D eigenvalue weighted by Gasteiger charge is 2.30. The maximum absolute atomic E-state index is 12.9. The normalized spacial score (nSPS) is 16.6. The largest absolute Gasteiger partial charge is 0.480 e. The second-order valence-corrected chi connectivity index (χ2v) is 8.30. The Balaban J connectivity index is 2.27. The first-order chi connectivity index (χ1) is 12.6. The van der Waals surface area contributed by atoms with Crippen LogP contribution in [0.3, 0.4) is 0 Å². The number of benzene rings is 1. The van der Waals surface area contributed by atoms with E-state index in [0.29, 0.717) is 18.7 Å². The monoisotopic (exact) mass is 397 g/mol. The predicted molar refractivity (Wildman–Crippen MR) is 99.0 cm³/mol. The van der Waals surface area contributed by atoms with Crippen molar-refractivity contribution in [3.05, 3.63) is 29.8 Å². The highest BCUT2D eigenvalue weighted by Crippen LogP contribution is 2.25. The number of carbonyl (C=O) groups is 3. The second kappa shape index (κ2) is 8.38. The van der Waals surface area contributed by atoms with Gasteiger partial charge in [-0.3, -0.25) is 13.9 Å². The summed E-state index contributed by atoms with van der Waals surface area (Å²) in [4.78, 5) is 36.4. The van der Waals surface area contributed by atoms with Crippen LogP contribution < -0.4 is 9.62 Å². The lowest BCUT2D eigenvalue weighted by atomic mass is 10.1. The van der Waals surface area contributed by atoms with E-state index in [-0.39, 0.29) is 30.3 Å². The molecule has 1 saturated heterocycles. The van der Waals surface area contributed by atoms with Crippen LogP contribution >= 0.6 is 0 Å². The SMILES string of the molecule is CC(=O)NCCN(C(=O)c1cccc(N2CCCS2(=O)=O)c1)C(C)C(=O)O. The molecular weight excluding hydrogens is 374 g/mol. The number of nitrogens with zero attached hydrogens (tertiary/aromatic N) is 2. The molecule has 1 unspecified atom stereocenters. The Morgan fingerprint density at radius 3 is 2.59 bits per heavy atom. The van der Waals surface area contributed by atoms with Crippen LogP contribution in [0.25, 0.3) is 0 Å². The van der Waals surface area contributed by atoms with Gasteiger partial charge in [0.25, 0.3) is 5.91 Å². The van der Waals surface area contributed by atoms with Crippen LogP contribution in [0.4, 0.5) is 5.69 Å². The fourth-order valence-corrected chi connectivity index (χ4v) is 4.40. The van der Waals surface area contributed by atoms with Crippen molar-refractivity contribution in [1.82, 2.24) is 10.2 Å². The van der Waals surface area contributed by atoms with Gasteiger partial charge < -0.3 is 15.3 Å². The zero-order chi connectivity index (χ0) is 20.2. The molecule has 1 aliphatic heterocycles. The molecule has 1 fully saturated rings. The number of anilines is 1. The van der Waals surface area contributed by atoms with Crippen LogP contribution in [-0.2, 0) is 19.6 Å². The van der Waals surface area contributed by atoms with E-state index in [1.54, 1.807) is 12.1 Å². The molecular formula is C17H23N3O6S. The maximum atomic E-state index is 12.9. The first-order valence-corrected chi connectivity index (χ1v) is 10.1. The molecule has 0 saturated carbocycles. The van der Waals surface area contributed by atoms with Gasteiger partial charge in [-0.25, -0.2) is 13.2 Å². The molecule has 2 rings (SSSR count). The number of rotatable bonds is 7. The summed E-state index contributed by atoms with van der Waals surface area (Å²) in [6.45, 7) is 3.17. The van der Waals surface area contributed by atoms with Crippen LogP contribution in [0.1, 0.15) is 30.6 Å². The van der Waals surface area contributed by atoms with Crippen molar-refractivity contribution in [3.8, 4) is 0 Å². The first-order valence-electron chi connectivity index (χ1n) is 8.52. The molecule has 0 aliphatic carbocycles. The lowest BCUT2D eigenvalue weighted by Crippen LogP contribution is -2.46. The fraction of sp³-hybridized carbons (Fsp3) is 0.471. The molecule has 9 nitrogen and oxygen atoms in total. The first kappa shape index (κ1) is 20.7. The second-order valence-electron chi connectivity index (χ2n) is 6.29. The highest BCUT2D eigenvalue weighted by molar-refractivity contribution is 7.93. The molecule has 1 heterocycles. The topological polar surface area (TPSA) is 124 Å². The van der Waals surface area contributed by atoms with Gasteiger partial charge >= 0.3 is 5.97 Å². The zero-order valence-electron chi connectivity index (χ0n) is 15.2. The third-order valence-electron chi connectivity index (χ3n) is 4.29. The smallest absolute Gasteiger partial charge is 0.326 e. The van der Waals surface area contributed by atoms with E-state index in [9.17, 15) is 27.9 Å². The Bertz CT molecular complexity index is 839. The van der Waals surface area contributed by atoms with E-state index in [4.69, 9.17) is 0 Å². The molecule has 148 valence electrons. The van der Waals surface area contributed by atoms with Crippen LogP contribution in [-0.4, -0.2) is 67.6 Å². The standard InChI is InChI=1S/C17H23N3O6S/c1-12(17(23)24)19(9-7-18-13(2)21)16(22)14-5-3-6-15(11-14)20-8-4-10-27(20,25)26/h3,5-6,11-12H,4,7-10H2,1-2H3,(H,18,21)(H,23,24).